The van der Waals surface area contributed by atoms with Crippen molar-refractivity contribution in [2.24, 2.45) is 0 Å². The molecule has 1 aromatic heterocycles. The molecule has 2 N–H and O–H groups in total. The number of methoxy groups -OCH3 is 1. The zero-order valence-electron chi connectivity index (χ0n) is 13.3. The first-order chi connectivity index (χ1) is 11.6. The van der Waals surface area contributed by atoms with Gasteiger partial charge in [-0.1, -0.05) is 30.3 Å². The molecule has 120 valence electrons. The first-order valence-corrected chi connectivity index (χ1v) is 7.68. The number of aromatic amines is 1. The van der Waals surface area contributed by atoms with E-state index in [1.165, 1.54) is 7.11 Å². The Morgan fingerprint density at radius 3 is 2.50 bits per heavy atom. The van der Waals surface area contributed by atoms with Crippen LogP contribution in [0.5, 0.6) is 0 Å². The molecule has 0 spiro atoms. The lowest BCUT2D eigenvalue weighted by molar-refractivity contribution is -0.144. The molecule has 1 atom stereocenters. The highest BCUT2D eigenvalue weighted by Crippen LogP contribution is 2.42. The molecule has 24 heavy (non-hydrogen) atoms. The van der Waals surface area contributed by atoms with Gasteiger partial charge in [0, 0.05) is 22.2 Å². The largest absolute Gasteiger partial charge is 0.467 e. The summed E-state index contributed by atoms with van der Waals surface area (Å²) in [6.07, 6.45) is 0. The zero-order chi connectivity index (χ0) is 16.9. The van der Waals surface area contributed by atoms with Crippen molar-refractivity contribution in [3.63, 3.8) is 0 Å². The lowest BCUT2D eigenvalue weighted by Crippen LogP contribution is -2.48. The predicted octanol–water partition coefficient (Wildman–Crippen LogP) is 3.15. The van der Waals surface area contributed by atoms with Gasteiger partial charge >= 0.3 is 5.97 Å². The van der Waals surface area contributed by atoms with Gasteiger partial charge in [0.25, 0.3) is 0 Å². The maximum Gasteiger partial charge on any atom is 0.346 e. The molecule has 1 unspecified atom stereocenters. The fraction of sp³-hybridized carbons (Fsp3) is 0.158. The molecular formula is C19H16N2O3. The standard InChI is InChI=1S/C19H16N2O3/c1-11-12-7-3-5-9-14(12)20-16(11)19(18(23)24-2)17(22)13-8-4-6-10-15(13)21-19/h3-10,20-21H,1-2H3. The average Bonchev–Trinajstić information content (AvgIpc) is 3.11. The summed E-state index contributed by atoms with van der Waals surface area (Å²) in [6, 6.07) is 14.8. The number of para-hydroxylation sites is 2. The zero-order valence-corrected chi connectivity index (χ0v) is 13.3. The number of aryl methyl sites for hydroxylation is 1. The van der Waals surface area contributed by atoms with Crippen LogP contribution in [0.25, 0.3) is 10.9 Å². The van der Waals surface area contributed by atoms with Gasteiger partial charge in [0.15, 0.2) is 0 Å². The summed E-state index contributed by atoms with van der Waals surface area (Å²) in [5.41, 5.74) is 1.79. The van der Waals surface area contributed by atoms with E-state index < -0.39 is 11.5 Å². The van der Waals surface area contributed by atoms with E-state index in [1.54, 1.807) is 18.2 Å². The van der Waals surface area contributed by atoms with Gasteiger partial charge in [0.1, 0.15) is 0 Å². The Kier molecular flexibility index (Phi) is 3.00. The van der Waals surface area contributed by atoms with Crippen LogP contribution in [0.15, 0.2) is 48.5 Å². The Labute approximate surface area is 138 Å². The van der Waals surface area contributed by atoms with Gasteiger partial charge in [-0.3, -0.25) is 4.79 Å². The van der Waals surface area contributed by atoms with Crippen LogP contribution in [0.3, 0.4) is 0 Å². The van der Waals surface area contributed by atoms with Crippen LogP contribution in [0.4, 0.5) is 5.69 Å². The molecular weight excluding hydrogens is 304 g/mol. The number of rotatable bonds is 2. The minimum absolute atomic E-state index is 0.306. The third-order valence-electron chi connectivity index (χ3n) is 4.67. The minimum Gasteiger partial charge on any atom is -0.467 e. The van der Waals surface area contributed by atoms with Gasteiger partial charge in [-0.15, -0.1) is 0 Å². The SMILES string of the molecule is COC(=O)C1(c2[nH]c3ccccc3c2C)Nc2ccccc2C1=O. The fourth-order valence-corrected chi connectivity index (χ4v) is 3.48. The van der Waals surface area contributed by atoms with E-state index >= 15 is 0 Å². The van der Waals surface area contributed by atoms with E-state index in [0.717, 1.165) is 16.5 Å². The van der Waals surface area contributed by atoms with Crippen molar-refractivity contribution in [2.75, 3.05) is 12.4 Å². The molecule has 0 saturated heterocycles. The monoisotopic (exact) mass is 320 g/mol. The normalized spacial score (nSPS) is 19.2. The van der Waals surface area contributed by atoms with E-state index in [2.05, 4.69) is 10.3 Å². The number of carbonyl (C=O) groups excluding carboxylic acids is 2. The molecule has 0 saturated carbocycles. The first kappa shape index (κ1) is 14.5. The molecule has 0 aliphatic carbocycles. The summed E-state index contributed by atoms with van der Waals surface area (Å²) in [6.45, 7) is 1.90. The van der Waals surface area contributed by atoms with Crippen LogP contribution in [-0.4, -0.2) is 23.8 Å². The Morgan fingerprint density at radius 2 is 1.79 bits per heavy atom. The van der Waals surface area contributed by atoms with E-state index in [-0.39, 0.29) is 5.78 Å². The molecule has 0 bridgehead atoms. The highest BCUT2D eigenvalue weighted by atomic mass is 16.5. The van der Waals surface area contributed by atoms with Gasteiger partial charge in [-0.05, 0) is 30.7 Å². The molecule has 0 fully saturated rings. The quantitative estimate of drug-likeness (QED) is 0.562. The van der Waals surface area contributed by atoms with Gasteiger partial charge in [-0.25, -0.2) is 4.79 Å². The number of H-pyrrole nitrogens is 1. The second-order valence-electron chi connectivity index (χ2n) is 5.91. The van der Waals surface area contributed by atoms with Crippen LogP contribution in [0.1, 0.15) is 21.6 Å². The number of nitrogens with one attached hydrogen (secondary N) is 2. The fourth-order valence-electron chi connectivity index (χ4n) is 3.48. The van der Waals surface area contributed by atoms with Gasteiger partial charge in [0.05, 0.1) is 12.8 Å². The minimum atomic E-state index is -1.58. The summed E-state index contributed by atoms with van der Waals surface area (Å²) in [5.74, 6) is -0.932. The predicted molar refractivity (Wildman–Crippen MR) is 91.1 cm³/mol. The number of aromatic nitrogens is 1. The van der Waals surface area contributed by atoms with Crippen molar-refractivity contribution in [3.8, 4) is 0 Å². The Hall–Kier alpha value is -3.08. The van der Waals surface area contributed by atoms with Crippen LogP contribution < -0.4 is 5.32 Å². The van der Waals surface area contributed by atoms with Crippen LogP contribution >= 0.6 is 0 Å². The Bertz CT molecular complexity index is 989. The molecule has 2 heterocycles. The lowest BCUT2D eigenvalue weighted by atomic mass is 9.87. The summed E-state index contributed by atoms with van der Waals surface area (Å²) in [4.78, 5) is 29.1. The smallest absolute Gasteiger partial charge is 0.346 e. The topological polar surface area (TPSA) is 71.2 Å². The van der Waals surface area contributed by atoms with Gasteiger partial charge in [0.2, 0.25) is 11.3 Å². The molecule has 0 radical (unpaired) electrons. The maximum atomic E-state index is 13.2. The number of hydrogen-bond acceptors (Lipinski definition) is 4. The molecule has 0 amide bonds. The summed E-state index contributed by atoms with van der Waals surface area (Å²) in [5, 5.41) is 4.08. The number of fused-ring (bicyclic) bond motifs is 2. The summed E-state index contributed by atoms with van der Waals surface area (Å²) in [7, 11) is 1.29. The van der Waals surface area contributed by atoms with Crippen molar-refractivity contribution in [1.29, 1.82) is 0 Å². The molecule has 5 heteroatoms. The molecule has 1 aliphatic rings. The van der Waals surface area contributed by atoms with Crippen molar-refractivity contribution in [2.45, 2.75) is 12.5 Å². The van der Waals surface area contributed by atoms with Crippen molar-refractivity contribution < 1.29 is 14.3 Å². The van der Waals surface area contributed by atoms with Crippen LogP contribution in [-0.2, 0) is 15.1 Å². The highest BCUT2D eigenvalue weighted by Gasteiger charge is 2.55. The summed E-state index contributed by atoms with van der Waals surface area (Å²) < 4.78 is 5.00. The van der Waals surface area contributed by atoms with E-state index in [9.17, 15) is 9.59 Å². The average molecular weight is 320 g/mol. The highest BCUT2D eigenvalue weighted by molar-refractivity contribution is 6.25. The van der Waals surface area contributed by atoms with E-state index in [4.69, 9.17) is 4.74 Å². The molecule has 3 aromatic rings. The van der Waals surface area contributed by atoms with Crippen LogP contribution in [0, 0.1) is 6.92 Å². The summed E-state index contributed by atoms with van der Waals surface area (Å²) >= 11 is 0. The number of Topliss-reactive ketones (excluding diaryl/α,β-unsaturated/α-hetero) is 1. The van der Waals surface area contributed by atoms with Crippen molar-refractivity contribution in [3.05, 3.63) is 65.4 Å². The Balaban J connectivity index is 2.01. The first-order valence-electron chi connectivity index (χ1n) is 7.68. The van der Waals surface area contributed by atoms with Gasteiger partial charge < -0.3 is 15.0 Å². The van der Waals surface area contributed by atoms with Crippen molar-refractivity contribution in [1.82, 2.24) is 4.98 Å². The third-order valence-corrected chi connectivity index (χ3v) is 4.67. The third kappa shape index (κ3) is 1.69. The number of ketones is 1. The molecule has 1 aliphatic heterocycles. The molecule has 4 rings (SSSR count). The number of esters is 1. The number of carbonyl (C=O) groups is 2. The number of hydrogen-bond donors (Lipinski definition) is 2. The molecule has 5 nitrogen and oxygen atoms in total. The van der Waals surface area contributed by atoms with Crippen molar-refractivity contribution >= 4 is 28.3 Å². The number of ether oxygens (including phenoxy) is 1. The number of benzene rings is 2. The lowest BCUT2D eigenvalue weighted by Gasteiger charge is -2.25. The van der Waals surface area contributed by atoms with Crippen LogP contribution in [0.2, 0.25) is 0 Å². The van der Waals surface area contributed by atoms with E-state index in [0.29, 0.717) is 16.9 Å². The van der Waals surface area contributed by atoms with E-state index in [1.807, 2.05) is 37.3 Å². The second-order valence-corrected chi connectivity index (χ2v) is 5.91. The Morgan fingerprint density at radius 1 is 1.08 bits per heavy atom. The maximum absolute atomic E-state index is 13.2. The van der Waals surface area contributed by atoms with Gasteiger partial charge in [-0.2, -0.15) is 0 Å². The molecule has 2 aromatic carbocycles. The number of anilines is 1. The second kappa shape index (κ2) is 4.96.